The molecule has 3 N–H and O–H groups in total. The zero-order valence-corrected chi connectivity index (χ0v) is 10.8. The van der Waals surface area contributed by atoms with E-state index < -0.39 is 11.7 Å². The van der Waals surface area contributed by atoms with Gasteiger partial charge in [0.15, 0.2) is 0 Å². The average molecular weight is 274 g/mol. The number of nitrogens with two attached hydrogens (primary N) is 1. The molecule has 1 aromatic heterocycles. The molecule has 0 unspecified atom stereocenters. The molecule has 1 heterocycles. The monoisotopic (exact) mass is 274 g/mol. The van der Waals surface area contributed by atoms with Gasteiger partial charge in [0.1, 0.15) is 5.82 Å². The maximum Gasteiger partial charge on any atom is 0.416 e. The van der Waals surface area contributed by atoms with Crippen LogP contribution in [0.1, 0.15) is 25.8 Å². The molecular formula is C12H17F3N4. The fourth-order valence-corrected chi connectivity index (χ4v) is 1.63. The zero-order valence-electron chi connectivity index (χ0n) is 10.8. The van der Waals surface area contributed by atoms with E-state index in [1.165, 1.54) is 0 Å². The highest BCUT2D eigenvalue weighted by atomic mass is 19.4. The van der Waals surface area contributed by atoms with Gasteiger partial charge in [-0.15, -0.1) is 0 Å². The molecule has 0 aliphatic heterocycles. The molecule has 0 saturated carbocycles. The fourth-order valence-electron chi connectivity index (χ4n) is 1.63. The molecule has 0 aliphatic carbocycles. The second-order valence-corrected chi connectivity index (χ2v) is 4.46. The van der Waals surface area contributed by atoms with Crippen LogP contribution in [0.4, 0.5) is 19.0 Å². The van der Waals surface area contributed by atoms with Gasteiger partial charge in [0.2, 0.25) is 0 Å². The Labute approximate surface area is 109 Å². The van der Waals surface area contributed by atoms with Crippen LogP contribution in [-0.2, 0) is 6.18 Å². The fraction of sp³-hybridized carbons (Fsp3) is 0.500. The van der Waals surface area contributed by atoms with Gasteiger partial charge in [-0.2, -0.15) is 13.2 Å². The predicted molar refractivity (Wildman–Crippen MR) is 68.3 cm³/mol. The number of alkyl halides is 3. The molecule has 0 atom stereocenters. The van der Waals surface area contributed by atoms with E-state index in [4.69, 9.17) is 11.1 Å². The number of hydrogen-bond donors (Lipinski definition) is 2. The van der Waals surface area contributed by atoms with E-state index in [-0.39, 0.29) is 24.1 Å². The average Bonchev–Trinajstić information content (AvgIpc) is 2.27. The molecule has 0 aromatic carbocycles. The van der Waals surface area contributed by atoms with Crippen LogP contribution in [0, 0.1) is 5.41 Å². The van der Waals surface area contributed by atoms with Crippen molar-refractivity contribution in [3.63, 3.8) is 0 Å². The molecule has 106 valence electrons. The first kappa shape index (κ1) is 15.3. The topological polar surface area (TPSA) is 66.0 Å². The summed E-state index contributed by atoms with van der Waals surface area (Å²) in [6.45, 7) is 4.06. The summed E-state index contributed by atoms with van der Waals surface area (Å²) in [6, 6.07) is 1.92. The van der Waals surface area contributed by atoms with E-state index in [0.717, 1.165) is 18.3 Å². The summed E-state index contributed by atoms with van der Waals surface area (Å²) in [5.41, 5.74) is 4.54. The number of nitrogens with one attached hydrogen (secondary N) is 1. The maximum atomic E-state index is 12.6. The van der Waals surface area contributed by atoms with Crippen molar-refractivity contribution in [1.29, 1.82) is 5.41 Å². The Morgan fingerprint density at radius 3 is 2.58 bits per heavy atom. The largest absolute Gasteiger partial charge is 0.416 e. The lowest BCUT2D eigenvalue weighted by Gasteiger charge is -2.28. The van der Waals surface area contributed by atoms with Gasteiger partial charge < -0.3 is 10.6 Å². The molecular weight excluding hydrogens is 257 g/mol. The van der Waals surface area contributed by atoms with E-state index in [2.05, 4.69) is 4.98 Å². The number of nitrogens with zero attached hydrogens (tertiary/aromatic N) is 2. The number of anilines is 1. The zero-order chi connectivity index (χ0) is 14.6. The summed E-state index contributed by atoms with van der Waals surface area (Å²) >= 11 is 0. The van der Waals surface area contributed by atoms with E-state index >= 15 is 0 Å². The Morgan fingerprint density at radius 2 is 2.11 bits per heavy atom. The normalized spacial score (nSPS) is 11.7. The molecule has 19 heavy (non-hydrogen) atoms. The third-order valence-corrected chi connectivity index (χ3v) is 2.61. The molecule has 4 nitrogen and oxygen atoms in total. The van der Waals surface area contributed by atoms with Crippen LogP contribution in [0.2, 0.25) is 0 Å². The van der Waals surface area contributed by atoms with Gasteiger partial charge in [-0.3, -0.25) is 5.41 Å². The highest BCUT2D eigenvalue weighted by Gasteiger charge is 2.31. The van der Waals surface area contributed by atoms with E-state index in [0.29, 0.717) is 6.54 Å². The summed E-state index contributed by atoms with van der Waals surface area (Å²) in [7, 11) is 0. The van der Waals surface area contributed by atoms with Crippen molar-refractivity contribution in [1.82, 2.24) is 4.98 Å². The molecule has 0 amide bonds. The Bertz CT molecular complexity index is 443. The SMILES string of the molecule is CC(C)N(CCC(=N)N)c1cc(C(F)(F)F)ccn1. The van der Waals surface area contributed by atoms with Crippen molar-refractivity contribution in [2.75, 3.05) is 11.4 Å². The van der Waals surface area contributed by atoms with Gasteiger partial charge in [-0.25, -0.2) is 4.98 Å². The lowest BCUT2D eigenvalue weighted by molar-refractivity contribution is -0.137. The molecule has 0 fully saturated rings. The summed E-state index contributed by atoms with van der Waals surface area (Å²) in [5, 5.41) is 7.18. The number of aromatic nitrogens is 1. The van der Waals surface area contributed by atoms with Crippen LogP contribution in [0.15, 0.2) is 18.3 Å². The quantitative estimate of drug-likeness (QED) is 0.640. The molecule has 0 aliphatic rings. The van der Waals surface area contributed by atoms with Crippen molar-refractivity contribution in [3.8, 4) is 0 Å². The van der Waals surface area contributed by atoms with Gasteiger partial charge >= 0.3 is 6.18 Å². The summed E-state index contributed by atoms with van der Waals surface area (Å²) in [5.74, 6) is 0.240. The first-order valence-electron chi connectivity index (χ1n) is 5.84. The van der Waals surface area contributed by atoms with Gasteiger partial charge in [0, 0.05) is 25.2 Å². The Balaban J connectivity index is 2.99. The summed E-state index contributed by atoms with van der Waals surface area (Å²) in [6.07, 6.45) is -2.96. The van der Waals surface area contributed by atoms with Gasteiger partial charge in [0.25, 0.3) is 0 Å². The number of hydrogen-bond acceptors (Lipinski definition) is 3. The van der Waals surface area contributed by atoms with Crippen molar-refractivity contribution in [2.24, 2.45) is 5.73 Å². The van der Waals surface area contributed by atoms with Crippen molar-refractivity contribution < 1.29 is 13.2 Å². The highest BCUT2D eigenvalue weighted by Crippen LogP contribution is 2.31. The van der Waals surface area contributed by atoms with Crippen molar-refractivity contribution >= 4 is 11.7 Å². The minimum absolute atomic E-state index is 0.00220. The number of amidine groups is 1. The molecule has 1 aromatic rings. The van der Waals surface area contributed by atoms with Crippen LogP contribution in [0.5, 0.6) is 0 Å². The highest BCUT2D eigenvalue weighted by molar-refractivity contribution is 5.77. The lowest BCUT2D eigenvalue weighted by atomic mass is 10.2. The third-order valence-electron chi connectivity index (χ3n) is 2.61. The van der Waals surface area contributed by atoms with E-state index in [1.54, 1.807) is 4.90 Å². The van der Waals surface area contributed by atoms with E-state index in [9.17, 15) is 13.2 Å². The van der Waals surface area contributed by atoms with Crippen molar-refractivity contribution in [3.05, 3.63) is 23.9 Å². The van der Waals surface area contributed by atoms with Crippen LogP contribution >= 0.6 is 0 Å². The molecule has 7 heteroatoms. The second kappa shape index (κ2) is 5.90. The number of rotatable bonds is 5. The summed E-state index contributed by atoms with van der Waals surface area (Å²) in [4.78, 5) is 5.66. The van der Waals surface area contributed by atoms with Gasteiger partial charge in [-0.1, -0.05) is 0 Å². The molecule has 0 saturated heterocycles. The smallest absolute Gasteiger partial charge is 0.388 e. The Kier molecular flexibility index (Phi) is 4.74. The van der Waals surface area contributed by atoms with Gasteiger partial charge in [-0.05, 0) is 26.0 Å². The molecule has 0 spiro atoms. The van der Waals surface area contributed by atoms with Gasteiger partial charge in [0.05, 0.1) is 11.4 Å². The second-order valence-electron chi connectivity index (χ2n) is 4.46. The van der Waals surface area contributed by atoms with Crippen LogP contribution < -0.4 is 10.6 Å². The van der Waals surface area contributed by atoms with Crippen LogP contribution in [-0.4, -0.2) is 23.4 Å². The maximum absolute atomic E-state index is 12.6. The standard InChI is InChI=1S/C12H17F3N4/c1-8(2)19(6-4-10(16)17)11-7-9(3-5-18-11)12(13,14)15/h3,5,7-8H,4,6H2,1-2H3,(H3,16,17). The molecule has 0 bridgehead atoms. The summed E-state index contributed by atoms with van der Waals surface area (Å²) < 4.78 is 37.9. The number of halogens is 3. The van der Waals surface area contributed by atoms with Crippen LogP contribution in [0.3, 0.4) is 0 Å². The van der Waals surface area contributed by atoms with Crippen LogP contribution in [0.25, 0.3) is 0 Å². The first-order chi connectivity index (χ1) is 8.71. The van der Waals surface area contributed by atoms with E-state index in [1.807, 2.05) is 13.8 Å². The Hall–Kier alpha value is -1.79. The lowest BCUT2D eigenvalue weighted by Crippen LogP contribution is -2.34. The minimum atomic E-state index is -4.39. The first-order valence-corrected chi connectivity index (χ1v) is 5.84. The minimum Gasteiger partial charge on any atom is -0.388 e. The predicted octanol–water partition coefficient (Wildman–Crippen LogP) is 2.64. The molecule has 0 radical (unpaired) electrons. The molecule has 1 rings (SSSR count). The third kappa shape index (κ3) is 4.42. The number of pyridine rings is 1. The van der Waals surface area contributed by atoms with Crippen molar-refractivity contribution in [2.45, 2.75) is 32.5 Å². The Morgan fingerprint density at radius 1 is 1.47 bits per heavy atom.